The topological polar surface area (TPSA) is 33.1 Å². The van der Waals surface area contributed by atoms with Crippen molar-refractivity contribution in [3.05, 3.63) is 51.5 Å². The van der Waals surface area contributed by atoms with Gasteiger partial charge in [-0.05, 0) is 37.0 Å². The van der Waals surface area contributed by atoms with Gasteiger partial charge in [0.05, 0.1) is 17.9 Å². The number of aryl methyl sites for hydroxylation is 2. The van der Waals surface area contributed by atoms with E-state index in [1.165, 1.54) is 23.5 Å². The summed E-state index contributed by atoms with van der Waals surface area (Å²) in [6.07, 6.45) is -1.98. The van der Waals surface area contributed by atoms with Gasteiger partial charge in [-0.1, -0.05) is 12.1 Å². The molecular weight excluding hydrogens is 287 g/mol. The van der Waals surface area contributed by atoms with Crippen molar-refractivity contribution < 1.29 is 18.3 Å². The van der Waals surface area contributed by atoms with E-state index in [9.17, 15) is 13.2 Å². The van der Waals surface area contributed by atoms with Gasteiger partial charge in [0.2, 0.25) is 0 Å². The average molecular weight is 301 g/mol. The molecule has 1 heterocycles. The van der Waals surface area contributed by atoms with Crippen molar-refractivity contribution in [2.24, 2.45) is 0 Å². The highest BCUT2D eigenvalue weighted by atomic mass is 32.1. The van der Waals surface area contributed by atoms with Crippen LogP contribution >= 0.6 is 11.3 Å². The molecule has 6 heteroatoms. The molecule has 0 saturated heterocycles. The lowest BCUT2D eigenvalue weighted by Gasteiger charge is -2.07. The van der Waals surface area contributed by atoms with Crippen LogP contribution in [0.2, 0.25) is 0 Å². The fourth-order valence-corrected chi connectivity index (χ4v) is 2.56. The van der Waals surface area contributed by atoms with Gasteiger partial charge in [0.1, 0.15) is 5.01 Å². The van der Waals surface area contributed by atoms with Crippen LogP contribution in [0.5, 0.6) is 0 Å². The minimum absolute atomic E-state index is 0.0520. The van der Waals surface area contributed by atoms with Crippen molar-refractivity contribution >= 4 is 11.3 Å². The fraction of sp³-hybridized carbons (Fsp3) is 0.357. The van der Waals surface area contributed by atoms with Crippen LogP contribution in [0, 0.1) is 0 Å². The predicted molar refractivity (Wildman–Crippen MR) is 71.5 cm³/mol. The third-order valence-electron chi connectivity index (χ3n) is 2.91. The zero-order valence-electron chi connectivity index (χ0n) is 10.7. The number of halogens is 3. The quantitative estimate of drug-likeness (QED) is 0.910. The Hall–Kier alpha value is -1.40. The second-order valence-electron chi connectivity index (χ2n) is 4.44. The van der Waals surface area contributed by atoms with Crippen molar-refractivity contribution in [2.45, 2.75) is 32.0 Å². The van der Waals surface area contributed by atoms with Crippen LogP contribution in [-0.4, -0.2) is 10.1 Å². The molecule has 0 aliphatic heterocycles. The summed E-state index contributed by atoms with van der Waals surface area (Å²) in [5, 5.41) is 11.5. The Bertz CT molecular complexity index is 548. The highest BCUT2D eigenvalue weighted by Gasteiger charge is 2.29. The molecular formula is C14H14F3NOS. The number of aromatic nitrogens is 1. The van der Waals surface area contributed by atoms with Gasteiger partial charge in [-0.2, -0.15) is 13.2 Å². The summed E-state index contributed by atoms with van der Waals surface area (Å²) in [5.74, 6) is 0. The Morgan fingerprint density at radius 2 is 1.80 bits per heavy atom. The molecule has 0 unspecified atom stereocenters. The van der Waals surface area contributed by atoms with Gasteiger partial charge in [0.15, 0.2) is 0 Å². The van der Waals surface area contributed by atoms with Crippen molar-refractivity contribution in [1.82, 2.24) is 4.98 Å². The van der Waals surface area contributed by atoms with Crippen LogP contribution in [0.15, 0.2) is 29.6 Å². The first-order chi connectivity index (χ1) is 9.49. The van der Waals surface area contributed by atoms with Gasteiger partial charge in [-0.3, -0.25) is 0 Å². The van der Waals surface area contributed by atoms with E-state index >= 15 is 0 Å². The molecule has 1 N–H and O–H groups in total. The summed E-state index contributed by atoms with van der Waals surface area (Å²) in [5.41, 5.74) is 1.19. The van der Waals surface area contributed by atoms with Crippen LogP contribution in [-0.2, 0) is 25.6 Å². The largest absolute Gasteiger partial charge is 0.416 e. The molecule has 0 fully saturated rings. The zero-order chi connectivity index (χ0) is 14.6. The number of aliphatic hydroxyl groups excluding tert-OH is 1. The van der Waals surface area contributed by atoms with Gasteiger partial charge in [-0.15, -0.1) is 11.3 Å². The van der Waals surface area contributed by atoms with Crippen molar-refractivity contribution in [2.75, 3.05) is 0 Å². The second kappa shape index (κ2) is 6.37. The normalized spacial score (nSPS) is 11.8. The molecule has 1 aromatic heterocycles. The van der Waals surface area contributed by atoms with E-state index in [-0.39, 0.29) is 6.61 Å². The van der Waals surface area contributed by atoms with E-state index in [1.54, 1.807) is 0 Å². The lowest BCUT2D eigenvalue weighted by Crippen LogP contribution is -2.04. The third-order valence-corrected chi connectivity index (χ3v) is 3.80. The molecule has 108 valence electrons. The molecule has 20 heavy (non-hydrogen) atoms. The van der Waals surface area contributed by atoms with E-state index in [4.69, 9.17) is 5.11 Å². The van der Waals surface area contributed by atoms with Gasteiger partial charge >= 0.3 is 6.18 Å². The van der Waals surface area contributed by atoms with Gasteiger partial charge in [0, 0.05) is 5.38 Å². The van der Waals surface area contributed by atoms with Crippen molar-refractivity contribution in [3.8, 4) is 0 Å². The number of nitrogens with zero attached hydrogens (tertiary/aromatic N) is 1. The lowest BCUT2D eigenvalue weighted by molar-refractivity contribution is -0.137. The van der Waals surface area contributed by atoms with E-state index in [0.29, 0.717) is 11.4 Å². The number of alkyl halides is 3. The van der Waals surface area contributed by atoms with E-state index in [1.807, 2.05) is 5.38 Å². The van der Waals surface area contributed by atoms with Crippen LogP contribution < -0.4 is 0 Å². The summed E-state index contributed by atoms with van der Waals surface area (Å²) < 4.78 is 37.2. The van der Waals surface area contributed by atoms with Crippen LogP contribution in [0.3, 0.4) is 0 Å². The van der Waals surface area contributed by atoms with E-state index in [0.717, 1.165) is 36.2 Å². The highest BCUT2D eigenvalue weighted by Crippen LogP contribution is 2.29. The summed E-state index contributed by atoms with van der Waals surface area (Å²) in [4.78, 5) is 4.23. The van der Waals surface area contributed by atoms with Gasteiger partial charge in [0.25, 0.3) is 0 Å². The van der Waals surface area contributed by atoms with Crippen molar-refractivity contribution in [3.63, 3.8) is 0 Å². The molecule has 0 aliphatic rings. The molecule has 0 amide bonds. The summed E-state index contributed by atoms with van der Waals surface area (Å²) in [6.45, 7) is -0.0520. The Morgan fingerprint density at radius 1 is 1.10 bits per heavy atom. The second-order valence-corrected chi connectivity index (χ2v) is 5.38. The van der Waals surface area contributed by atoms with Crippen molar-refractivity contribution in [1.29, 1.82) is 0 Å². The predicted octanol–water partition coefficient (Wildman–Crippen LogP) is 3.83. The van der Waals surface area contributed by atoms with E-state index < -0.39 is 11.7 Å². The molecule has 1 aromatic carbocycles. The molecule has 0 radical (unpaired) electrons. The molecule has 0 aliphatic carbocycles. The molecule has 0 atom stereocenters. The maximum Gasteiger partial charge on any atom is 0.416 e. The number of aliphatic hydroxyl groups is 1. The van der Waals surface area contributed by atoms with Crippen LogP contribution in [0.1, 0.15) is 28.2 Å². The number of benzene rings is 1. The van der Waals surface area contributed by atoms with Gasteiger partial charge < -0.3 is 5.11 Å². The van der Waals surface area contributed by atoms with Crippen LogP contribution in [0.4, 0.5) is 13.2 Å². The smallest absolute Gasteiger partial charge is 0.389 e. The summed E-state index contributed by atoms with van der Waals surface area (Å²) >= 11 is 1.41. The Kier molecular flexibility index (Phi) is 4.77. The van der Waals surface area contributed by atoms with Gasteiger partial charge in [-0.25, -0.2) is 4.98 Å². The first kappa shape index (κ1) is 15.0. The average Bonchev–Trinajstić information content (AvgIpc) is 2.86. The maximum absolute atomic E-state index is 12.4. The first-order valence-corrected chi connectivity index (χ1v) is 7.07. The number of hydrogen-bond acceptors (Lipinski definition) is 3. The lowest BCUT2D eigenvalue weighted by atomic mass is 10.1. The number of thiazole rings is 1. The number of hydrogen-bond donors (Lipinski definition) is 1. The zero-order valence-corrected chi connectivity index (χ0v) is 11.5. The Balaban J connectivity index is 1.85. The maximum atomic E-state index is 12.4. The monoisotopic (exact) mass is 301 g/mol. The minimum atomic E-state index is -4.28. The molecule has 2 rings (SSSR count). The molecule has 0 saturated carbocycles. The molecule has 2 nitrogen and oxygen atoms in total. The summed E-state index contributed by atoms with van der Waals surface area (Å²) in [7, 11) is 0. The molecule has 0 spiro atoms. The van der Waals surface area contributed by atoms with Crippen LogP contribution in [0.25, 0.3) is 0 Å². The molecule has 2 aromatic rings. The fourth-order valence-electron chi connectivity index (χ4n) is 1.87. The molecule has 0 bridgehead atoms. The summed E-state index contributed by atoms with van der Waals surface area (Å²) in [6, 6.07) is 5.26. The van der Waals surface area contributed by atoms with E-state index in [2.05, 4.69) is 4.98 Å². The Morgan fingerprint density at radius 3 is 2.35 bits per heavy atom. The Labute approximate surface area is 118 Å². The number of rotatable bonds is 5. The first-order valence-electron chi connectivity index (χ1n) is 6.19. The SMILES string of the molecule is OCc1nc(CCCc2ccc(C(F)(F)F)cc2)cs1. The highest BCUT2D eigenvalue weighted by molar-refractivity contribution is 7.09. The third kappa shape index (κ3) is 4.05. The minimum Gasteiger partial charge on any atom is -0.389 e. The standard InChI is InChI=1S/C14H14F3NOS/c15-14(16,17)11-6-4-10(5-7-11)2-1-3-12-9-20-13(8-19)18-12/h4-7,9,19H,1-3,8H2.